The molecule has 0 aliphatic carbocycles. The third kappa shape index (κ3) is 6.31. The number of carbonyl (C=O) groups excluding carboxylic acids is 2. The van der Waals surface area contributed by atoms with Crippen LogP contribution in [0.4, 0.5) is 0 Å². The minimum absolute atomic E-state index is 0.0436. The molecule has 0 aromatic rings. The summed E-state index contributed by atoms with van der Waals surface area (Å²) in [5.41, 5.74) is 0. The molecule has 2 saturated heterocycles. The van der Waals surface area contributed by atoms with Crippen LogP contribution in [0.2, 0.25) is 0 Å². The van der Waals surface area contributed by atoms with Crippen LogP contribution in [0, 0.1) is 5.92 Å². The van der Waals surface area contributed by atoms with Crippen molar-refractivity contribution in [3.8, 4) is 0 Å². The van der Waals surface area contributed by atoms with Gasteiger partial charge < -0.3 is 15.0 Å². The van der Waals surface area contributed by atoms with Crippen molar-refractivity contribution in [1.82, 2.24) is 15.1 Å². The number of nitrogens with zero attached hydrogens (tertiary/aromatic N) is 2. The Hall–Kier alpha value is -0.790. The normalized spacial score (nSPS) is 23.1. The smallest absolute Gasteiger partial charge is 0.224 e. The Morgan fingerprint density at radius 2 is 2.13 bits per heavy atom. The van der Waals surface area contributed by atoms with E-state index in [1.807, 2.05) is 11.2 Å². The molecule has 2 amide bonds. The maximum Gasteiger partial charge on any atom is 0.224 e. The monoisotopic (exact) mass is 343 g/mol. The van der Waals surface area contributed by atoms with Gasteiger partial charge in [-0.1, -0.05) is 0 Å². The predicted molar refractivity (Wildman–Crippen MR) is 92.6 cm³/mol. The molecule has 0 bridgehead atoms. The number of carbonyl (C=O) groups is 2. The number of morpholine rings is 1. The fraction of sp³-hybridized carbons (Fsp3) is 0.875. The van der Waals surface area contributed by atoms with E-state index in [-0.39, 0.29) is 17.7 Å². The van der Waals surface area contributed by atoms with Crippen LogP contribution in [-0.2, 0) is 14.3 Å². The zero-order chi connectivity index (χ0) is 16.5. The summed E-state index contributed by atoms with van der Waals surface area (Å²) in [5.74, 6) is 1.18. The quantitative estimate of drug-likeness (QED) is 0.648. The average molecular weight is 343 g/mol. The van der Waals surface area contributed by atoms with Crippen molar-refractivity contribution < 1.29 is 14.3 Å². The molecule has 0 aromatic heterocycles. The first-order chi connectivity index (χ1) is 11.2. The van der Waals surface area contributed by atoms with Crippen LogP contribution < -0.4 is 5.32 Å². The first-order valence-corrected chi connectivity index (χ1v) is 9.94. The van der Waals surface area contributed by atoms with Crippen molar-refractivity contribution in [2.24, 2.45) is 5.92 Å². The predicted octanol–water partition coefficient (Wildman–Crippen LogP) is 0.427. The summed E-state index contributed by atoms with van der Waals surface area (Å²) in [5, 5.41) is 2.98. The molecule has 2 fully saturated rings. The molecule has 0 saturated carbocycles. The summed E-state index contributed by atoms with van der Waals surface area (Å²) in [6.07, 6.45) is 4.18. The molecule has 0 aromatic carbocycles. The second kappa shape index (κ2) is 10.2. The zero-order valence-electron chi connectivity index (χ0n) is 14.1. The molecule has 0 spiro atoms. The van der Waals surface area contributed by atoms with Crippen LogP contribution in [0.5, 0.6) is 0 Å². The SMILES string of the molecule is CSCCNC(=O)C1CCC(=O)N(CCCN2CCOCC2)C1. The summed E-state index contributed by atoms with van der Waals surface area (Å²) < 4.78 is 5.34. The first kappa shape index (κ1) is 18.5. The number of amides is 2. The molecule has 23 heavy (non-hydrogen) atoms. The van der Waals surface area contributed by atoms with Crippen molar-refractivity contribution in [1.29, 1.82) is 0 Å². The molecule has 1 unspecified atom stereocenters. The van der Waals surface area contributed by atoms with Crippen molar-refractivity contribution in [3.05, 3.63) is 0 Å². The highest BCUT2D eigenvalue weighted by molar-refractivity contribution is 7.98. The third-order valence-electron chi connectivity index (χ3n) is 4.48. The van der Waals surface area contributed by atoms with Gasteiger partial charge >= 0.3 is 0 Å². The number of thioether (sulfide) groups is 1. The lowest BCUT2D eigenvalue weighted by molar-refractivity contribution is -0.138. The highest BCUT2D eigenvalue weighted by Crippen LogP contribution is 2.18. The van der Waals surface area contributed by atoms with Gasteiger partial charge in [-0.05, 0) is 19.1 Å². The summed E-state index contributed by atoms with van der Waals surface area (Å²) in [7, 11) is 0. The lowest BCUT2D eigenvalue weighted by Crippen LogP contribution is -2.47. The maximum atomic E-state index is 12.2. The van der Waals surface area contributed by atoms with Crippen LogP contribution >= 0.6 is 11.8 Å². The van der Waals surface area contributed by atoms with Crippen LogP contribution in [0.3, 0.4) is 0 Å². The number of likely N-dealkylation sites (tertiary alicyclic amines) is 1. The van der Waals surface area contributed by atoms with Gasteiger partial charge in [0.15, 0.2) is 0 Å². The van der Waals surface area contributed by atoms with Gasteiger partial charge in [0, 0.05) is 51.4 Å². The van der Waals surface area contributed by atoms with Gasteiger partial charge in [-0.3, -0.25) is 14.5 Å². The molecule has 6 nitrogen and oxygen atoms in total. The van der Waals surface area contributed by atoms with Crippen molar-refractivity contribution in [2.45, 2.75) is 19.3 Å². The Balaban J connectivity index is 1.69. The molecule has 0 radical (unpaired) electrons. The van der Waals surface area contributed by atoms with E-state index < -0.39 is 0 Å². The lowest BCUT2D eigenvalue weighted by Gasteiger charge is -2.33. The van der Waals surface area contributed by atoms with E-state index in [1.165, 1.54) is 0 Å². The van der Waals surface area contributed by atoms with Gasteiger partial charge in [0.1, 0.15) is 0 Å². The molecule has 2 aliphatic heterocycles. The van der Waals surface area contributed by atoms with E-state index in [0.29, 0.717) is 25.9 Å². The zero-order valence-corrected chi connectivity index (χ0v) is 14.9. The van der Waals surface area contributed by atoms with E-state index in [4.69, 9.17) is 4.74 Å². The van der Waals surface area contributed by atoms with Gasteiger partial charge in [0.2, 0.25) is 11.8 Å². The summed E-state index contributed by atoms with van der Waals surface area (Å²) in [6.45, 7) is 6.61. The number of hydrogen-bond acceptors (Lipinski definition) is 5. The van der Waals surface area contributed by atoms with Crippen molar-refractivity contribution in [2.75, 3.05) is 64.5 Å². The Morgan fingerprint density at radius 3 is 2.87 bits per heavy atom. The number of piperidine rings is 1. The van der Waals surface area contributed by atoms with Crippen LogP contribution in [0.1, 0.15) is 19.3 Å². The van der Waals surface area contributed by atoms with Gasteiger partial charge in [-0.15, -0.1) is 0 Å². The number of ether oxygens (including phenoxy) is 1. The second-order valence-corrected chi connectivity index (χ2v) is 7.15. The minimum Gasteiger partial charge on any atom is -0.379 e. The Morgan fingerprint density at radius 1 is 1.35 bits per heavy atom. The van der Waals surface area contributed by atoms with E-state index in [9.17, 15) is 9.59 Å². The maximum absolute atomic E-state index is 12.2. The van der Waals surface area contributed by atoms with E-state index in [0.717, 1.165) is 51.6 Å². The molecule has 1 N–H and O–H groups in total. The summed E-state index contributed by atoms with van der Waals surface area (Å²) in [4.78, 5) is 28.5. The third-order valence-corrected chi connectivity index (χ3v) is 5.09. The largest absolute Gasteiger partial charge is 0.379 e. The van der Waals surface area contributed by atoms with Gasteiger partial charge in [0.25, 0.3) is 0 Å². The second-order valence-electron chi connectivity index (χ2n) is 6.17. The standard InChI is InChI=1S/C16H29N3O3S/c1-23-12-5-17-16(21)14-3-4-15(20)19(13-14)7-2-6-18-8-10-22-11-9-18/h14H,2-13H2,1H3,(H,17,21). The Kier molecular flexibility index (Phi) is 8.19. The molecular weight excluding hydrogens is 314 g/mol. The van der Waals surface area contributed by atoms with Crippen LogP contribution in [0.15, 0.2) is 0 Å². The molecule has 2 heterocycles. The van der Waals surface area contributed by atoms with Gasteiger partial charge in [0.05, 0.1) is 19.1 Å². The van der Waals surface area contributed by atoms with E-state index in [1.54, 1.807) is 11.8 Å². The highest BCUT2D eigenvalue weighted by atomic mass is 32.2. The average Bonchev–Trinajstić information content (AvgIpc) is 2.57. The molecule has 1 atom stereocenters. The van der Waals surface area contributed by atoms with Crippen molar-refractivity contribution in [3.63, 3.8) is 0 Å². The number of nitrogens with one attached hydrogen (secondary N) is 1. The molecule has 2 rings (SSSR count). The minimum atomic E-state index is -0.0436. The number of rotatable bonds is 8. The molecule has 2 aliphatic rings. The number of hydrogen-bond donors (Lipinski definition) is 1. The van der Waals surface area contributed by atoms with Gasteiger partial charge in [-0.25, -0.2) is 0 Å². The molecule has 132 valence electrons. The fourth-order valence-corrected chi connectivity index (χ4v) is 3.38. The molecular formula is C16H29N3O3S. The van der Waals surface area contributed by atoms with Gasteiger partial charge in [-0.2, -0.15) is 11.8 Å². The van der Waals surface area contributed by atoms with Crippen LogP contribution in [-0.4, -0.2) is 86.1 Å². The van der Waals surface area contributed by atoms with Crippen molar-refractivity contribution >= 4 is 23.6 Å². The van der Waals surface area contributed by atoms with E-state index >= 15 is 0 Å². The Labute approximate surface area is 143 Å². The van der Waals surface area contributed by atoms with E-state index in [2.05, 4.69) is 10.2 Å². The first-order valence-electron chi connectivity index (χ1n) is 8.55. The fourth-order valence-electron chi connectivity index (χ4n) is 3.08. The topological polar surface area (TPSA) is 61.9 Å². The van der Waals surface area contributed by atoms with Crippen LogP contribution in [0.25, 0.3) is 0 Å². The highest BCUT2D eigenvalue weighted by Gasteiger charge is 2.29. The lowest BCUT2D eigenvalue weighted by atomic mass is 9.96. The summed E-state index contributed by atoms with van der Waals surface area (Å²) >= 11 is 1.72. The Bertz CT molecular complexity index is 389. The molecule has 7 heteroatoms. The summed E-state index contributed by atoms with van der Waals surface area (Å²) in [6, 6.07) is 0.